The van der Waals surface area contributed by atoms with Crippen molar-refractivity contribution in [2.24, 2.45) is 0 Å². The van der Waals surface area contributed by atoms with Gasteiger partial charge in [-0.1, -0.05) is 24.3 Å². The molecule has 0 radical (unpaired) electrons. The van der Waals surface area contributed by atoms with E-state index in [1.54, 1.807) is 19.2 Å². The number of methoxy groups -OCH3 is 1. The zero-order chi connectivity index (χ0) is 28.6. The Morgan fingerprint density at radius 2 is 1.49 bits per heavy atom. The van der Waals surface area contributed by atoms with Gasteiger partial charge in [-0.15, -0.1) is 0 Å². The molecule has 9 heteroatoms. The van der Waals surface area contributed by atoms with E-state index in [9.17, 15) is 9.59 Å². The minimum atomic E-state index is -0.200. The number of pyridine rings is 1. The van der Waals surface area contributed by atoms with Crippen LogP contribution in [0, 0.1) is 11.3 Å². The summed E-state index contributed by atoms with van der Waals surface area (Å²) in [5, 5.41) is 12.1. The molecule has 1 N–H and O–H groups in total. The van der Waals surface area contributed by atoms with Crippen molar-refractivity contribution in [3.05, 3.63) is 94.8 Å². The quantitative estimate of drug-likeness (QED) is 0.458. The number of carbonyl (C=O) groups excluding carboxylic acids is 2. The number of nitriles is 1. The van der Waals surface area contributed by atoms with E-state index in [1.807, 2.05) is 41.3 Å². The Balaban J connectivity index is 1.05. The minimum absolute atomic E-state index is 0.0632. The second-order valence-electron chi connectivity index (χ2n) is 10.7. The summed E-state index contributed by atoms with van der Waals surface area (Å²) < 4.78 is 5.23. The maximum absolute atomic E-state index is 13.1. The molecule has 9 nitrogen and oxygen atoms in total. The Morgan fingerprint density at radius 1 is 0.878 bits per heavy atom. The molecule has 0 unspecified atom stereocenters. The van der Waals surface area contributed by atoms with Gasteiger partial charge in [-0.05, 0) is 60.4 Å². The lowest BCUT2D eigenvalue weighted by molar-refractivity contribution is 0.0627. The van der Waals surface area contributed by atoms with Crippen molar-refractivity contribution in [1.29, 1.82) is 5.26 Å². The summed E-state index contributed by atoms with van der Waals surface area (Å²) in [6.07, 6.45) is 3.28. The number of carbonyl (C=O) groups is 2. The van der Waals surface area contributed by atoms with Gasteiger partial charge in [-0.25, -0.2) is 0 Å². The first-order valence-electron chi connectivity index (χ1n) is 14.1. The first-order chi connectivity index (χ1) is 20.0. The van der Waals surface area contributed by atoms with Gasteiger partial charge in [0.2, 0.25) is 0 Å². The van der Waals surface area contributed by atoms with Crippen LogP contribution in [0.5, 0.6) is 5.75 Å². The fourth-order valence-corrected chi connectivity index (χ4v) is 5.37. The van der Waals surface area contributed by atoms with Gasteiger partial charge in [0.1, 0.15) is 11.4 Å². The standard InChI is InChI=1S/C32H36N6O3/c1-41-29-9-6-26(7-10-29)22-36-14-12-28(13-15-36)35-31(39)30-11-8-27(21-34-30)32(40)38-18-16-37(17-19-38)23-25-4-2-24(20-33)3-5-25/h2-11,21,28H,12-19,22-23H2,1H3,(H,35,39). The van der Waals surface area contributed by atoms with Crippen molar-refractivity contribution in [2.75, 3.05) is 46.4 Å². The smallest absolute Gasteiger partial charge is 0.270 e. The fraction of sp³-hybridized carbons (Fsp3) is 0.375. The van der Waals surface area contributed by atoms with Crippen LogP contribution in [0.25, 0.3) is 0 Å². The summed E-state index contributed by atoms with van der Waals surface area (Å²) in [5.41, 5.74) is 3.88. The number of rotatable bonds is 8. The van der Waals surface area contributed by atoms with Gasteiger partial charge in [-0.2, -0.15) is 5.26 Å². The number of likely N-dealkylation sites (tertiary alicyclic amines) is 1. The number of piperazine rings is 1. The van der Waals surface area contributed by atoms with Crippen LogP contribution in [-0.4, -0.2) is 83.9 Å². The summed E-state index contributed by atoms with van der Waals surface area (Å²) >= 11 is 0. The van der Waals surface area contributed by atoms with E-state index in [2.05, 4.69) is 38.3 Å². The number of hydrogen-bond acceptors (Lipinski definition) is 7. The molecule has 2 aromatic carbocycles. The molecule has 2 fully saturated rings. The lowest BCUT2D eigenvalue weighted by Crippen LogP contribution is -2.48. The van der Waals surface area contributed by atoms with E-state index in [0.717, 1.165) is 63.4 Å². The van der Waals surface area contributed by atoms with Crippen molar-refractivity contribution in [2.45, 2.75) is 32.0 Å². The first-order valence-corrected chi connectivity index (χ1v) is 14.1. The van der Waals surface area contributed by atoms with Gasteiger partial charge < -0.3 is 15.0 Å². The van der Waals surface area contributed by atoms with Crippen molar-refractivity contribution in [3.63, 3.8) is 0 Å². The second-order valence-corrected chi connectivity index (χ2v) is 10.7. The molecule has 0 saturated carbocycles. The predicted molar refractivity (Wildman–Crippen MR) is 155 cm³/mol. The molecule has 1 aromatic heterocycles. The Morgan fingerprint density at radius 3 is 2.05 bits per heavy atom. The minimum Gasteiger partial charge on any atom is -0.497 e. The Labute approximate surface area is 241 Å². The summed E-state index contributed by atoms with van der Waals surface area (Å²) in [6.45, 7) is 6.33. The molecule has 2 aliphatic heterocycles. The van der Waals surface area contributed by atoms with Gasteiger partial charge in [-0.3, -0.25) is 24.4 Å². The Kier molecular flexibility index (Phi) is 9.24. The van der Waals surface area contributed by atoms with Gasteiger partial charge in [0, 0.05) is 64.6 Å². The van der Waals surface area contributed by atoms with E-state index >= 15 is 0 Å². The molecule has 0 bridgehead atoms. The number of nitrogens with zero attached hydrogens (tertiary/aromatic N) is 5. The second kappa shape index (κ2) is 13.4. The molecular formula is C32H36N6O3. The number of piperidine rings is 1. The van der Waals surface area contributed by atoms with E-state index in [0.29, 0.717) is 29.9 Å². The normalized spacial score (nSPS) is 16.6. The molecule has 5 rings (SSSR count). The topological polar surface area (TPSA) is 102 Å². The molecule has 0 atom stereocenters. The predicted octanol–water partition coefficient (Wildman–Crippen LogP) is 3.31. The highest BCUT2D eigenvalue weighted by Gasteiger charge is 2.24. The number of amides is 2. The monoisotopic (exact) mass is 552 g/mol. The lowest BCUT2D eigenvalue weighted by atomic mass is 10.0. The van der Waals surface area contributed by atoms with Crippen LogP contribution in [-0.2, 0) is 13.1 Å². The summed E-state index contributed by atoms with van der Waals surface area (Å²) in [7, 11) is 1.67. The molecule has 0 aliphatic carbocycles. The third-order valence-corrected chi connectivity index (χ3v) is 7.88. The lowest BCUT2D eigenvalue weighted by Gasteiger charge is -2.34. The van der Waals surface area contributed by atoms with Crippen molar-refractivity contribution in [1.82, 2.24) is 25.0 Å². The van der Waals surface area contributed by atoms with Crippen LogP contribution >= 0.6 is 0 Å². The van der Waals surface area contributed by atoms with Crippen LogP contribution < -0.4 is 10.1 Å². The molecule has 2 saturated heterocycles. The van der Waals surface area contributed by atoms with E-state index < -0.39 is 0 Å². The van der Waals surface area contributed by atoms with Crippen molar-refractivity contribution >= 4 is 11.8 Å². The highest BCUT2D eigenvalue weighted by Crippen LogP contribution is 2.17. The number of benzene rings is 2. The molecule has 41 heavy (non-hydrogen) atoms. The van der Waals surface area contributed by atoms with Gasteiger partial charge in [0.25, 0.3) is 11.8 Å². The maximum atomic E-state index is 13.1. The zero-order valence-electron chi connectivity index (χ0n) is 23.5. The SMILES string of the molecule is COc1ccc(CN2CCC(NC(=O)c3ccc(C(=O)N4CCN(Cc5ccc(C#N)cc5)CC4)cn3)CC2)cc1. The van der Waals surface area contributed by atoms with Crippen LogP contribution in [0.4, 0.5) is 0 Å². The Bertz CT molecular complexity index is 1350. The number of aromatic nitrogens is 1. The molecule has 3 aromatic rings. The van der Waals surface area contributed by atoms with Crippen molar-refractivity contribution < 1.29 is 14.3 Å². The molecule has 3 heterocycles. The summed E-state index contributed by atoms with van der Waals surface area (Å²) in [6, 6.07) is 21.4. The van der Waals surface area contributed by atoms with Gasteiger partial charge in [0.05, 0.1) is 24.3 Å². The van der Waals surface area contributed by atoms with Crippen molar-refractivity contribution in [3.8, 4) is 11.8 Å². The molecule has 2 aliphatic rings. The highest BCUT2D eigenvalue weighted by atomic mass is 16.5. The van der Waals surface area contributed by atoms with Crippen LogP contribution in [0.3, 0.4) is 0 Å². The number of nitrogens with one attached hydrogen (secondary N) is 1. The van der Waals surface area contributed by atoms with E-state index in [-0.39, 0.29) is 17.9 Å². The largest absolute Gasteiger partial charge is 0.497 e. The fourth-order valence-electron chi connectivity index (χ4n) is 5.37. The third-order valence-electron chi connectivity index (χ3n) is 7.88. The number of ether oxygens (including phenoxy) is 1. The maximum Gasteiger partial charge on any atom is 0.270 e. The molecular weight excluding hydrogens is 516 g/mol. The van der Waals surface area contributed by atoms with E-state index in [1.165, 1.54) is 11.8 Å². The summed E-state index contributed by atoms with van der Waals surface area (Å²) in [4.78, 5) is 36.7. The molecule has 0 spiro atoms. The molecule has 2 amide bonds. The Hall–Kier alpha value is -4.26. The third kappa shape index (κ3) is 7.48. The average molecular weight is 553 g/mol. The van der Waals surface area contributed by atoms with Gasteiger partial charge in [0.15, 0.2) is 0 Å². The highest BCUT2D eigenvalue weighted by molar-refractivity contribution is 5.96. The number of hydrogen-bond donors (Lipinski definition) is 1. The first kappa shape index (κ1) is 28.3. The summed E-state index contributed by atoms with van der Waals surface area (Å²) in [5.74, 6) is 0.595. The average Bonchev–Trinajstić information content (AvgIpc) is 3.03. The zero-order valence-corrected chi connectivity index (χ0v) is 23.5. The van der Waals surface area contributed by atoms with Crippen LogP contribution in [0.2, 0.25) is 0 Å². The van der Waals surface area contributed by atoms with E-state index in [4.69, 9.17) is 10.00 Å². The van der Waals surface area contributed by atoms with Gasteiger partial charge >= 0.3 is 0 Å². The van der Waals surface area contributed by atoms with Crippen LogP contribution in [0.1, 0.15) is 50.4 Å². The van der Waals surface area contributed by atoms with Crippen LogP contribution in [0.15, 0.2) is 66.9 Å². The molecule has 212 valence electrons.